The molecule has 0 saturated heterocycles. The van der Waals surface area contributed by atoms with E-state index in [0.29, 0.717) is 16.8 Å². The minimum Gasteiger partial charge on any atom is -0.375 e. The van der Waals surface area contributed by atoms with Crippen molar-refractivity contribution >= 4 is 26.7 Å². The summed E-state index contributed by atoms with van der Waals surface area (Å²) in [6, 6.07) is 5.81. The largest absolute Gasteiger partial charge is 0.375 e. The first-order chi connectivity index (χ1) is 8.93. The van der Waals surface area contributed by atoms with Gasteiger partial charge in [-0.15, -0.1) is 0 Å². The van der Waals surface area contributed by atoms with Gasteiger partial charge in [-0.3, -0.25) is 0 Å². The molecule has 0 aliphatic carbocycles. The Balaban J connectivity index is 2.06. The predicted molar refractivity (Wildman–Crippen MR) is 76.0 cm³/mol. The lowest BCUT2D eigenvalue weighted by atomic mass is 9.96. The second-order valence-electron chi connectivity index (χ2n) is 5.41. The second-order valence-corrected chi connectivity index (χ2v) is 6.47. The van der Waals surface area contributed by atoms with Crippen molar-refractivity contribution in [3.05, 3.63) is 24.0 Å². The molecule has 3 rings (SSSR count). The third-order valence-electron chi connectivity index (χ3n) is 2.75. The number of thiazole rings is 1. The van der Waals surface area contributed by atoms with Crippen LogP contribution in [0, 0.1) is 0 Å². The van der Waals surface area contributed by atoms with Gasteiger partial charge in [0.15, 0.2) is 11.0 Å². The molecular weight excluding hydrogens is 260 g/mol. The lowest BCUT2D eigenvalue weighted by Crippen LogP contribution is -2.13. The van der Waals surface area contributed by atoms with Gasteiger partial charge in [-0.2, -0.15) is 4.98 Å². The molecule has 0 aliphatic heterocycles. The molecule has 3 aromatic rings. The Morgan fingerprint density at radius 3 is 2.68 bits per heavy atom. The van der Waals surface area contributed by atoms with E-state index in [1.807, 2.05) is 18.2 Å². The van der Waals surface area contributed by atoms with Crippen LogP contribution in [-0.4, -0.2) is 15.1 Å². The highest BCUT2D eigenvalue weighted by Crippen LogP contribution is 2.29. The fourth-order valence-electron chi connectivity index (χ4n) is 1.72. The number of rotatable bonds is 1. The van der Waals surface area contributed by atoms with Crippen LogP contribution in [0.4, 0.5) is 5.13 Å². The van der Waals surface area contributed by atoms with E-state index < -0.39 is 0 Å². The highest BCUT2D eigenvalue weighted by atomic mass is 32.1. The molecule has 0 spiro atoms. The van der Waals surface area contributed by atoms with Crippen LogP contribution in [-0.2, 0) is 5.41 Å². The summed E-state index contributed by atoms with van der Waals surface area (Å²) in [7, 11) is 0. The van der Waals surface area contributed by atoms with E-state index >= 15 is 0 Å². The highest BCUT2D eigenvalue weighted by molar-refractivity contribution is 7.22. The Hall–Kier alpha value is -1.95. The van der Waals surface area contributed by atoms with Gasteiger partial charge in [-0.05, 0) is 18.2 Å². The number of benzene rings is 1. The first-order valence-electron chi connectivity index (χ1n) is 5.94. The van der Waals surface area contributed by atoms with Crippen molar-refractivity contribution in [1.82, 2.24) is 15.1 Å². The molecule has 98 valence electrons. The zero-order chi connectivity index (χ0) is 13.6. The molecule has 2 aromatic heterocycles. The van der Waals surface area contributed by atoms with Gasteiger partial charge in [0.25, 0.3) is 5.89 Å². The Morgan fingerprint density at radius 1 is 1.21 bits per heavy atom. The van der Waals surface area contributed by atoms with Crippen LogP contribution in [0.25, 0.3) is 21.7 Å². The highest BCUT2D eigenvalue weighted by Gasteiger charge is 2.21. The molecule has 0 atom stereocenters. The van der Waals surface area contributed by atoms with Crippen LogP contribution in [0.1, 0.15) is 26.6 Å². The van der Waals surface area contributed by atoms with Crippen LogP contribution < -0.4 is 5.73 Å². The Bertz CT molecular complexity index is 739. The number of anilines is 1. The van der Waals surface area contributed by atoms with Crippen molar-refractivity contribution in [2.45, 2.75) is 26.2 Å². The number of nitrogens with zero attached hydrogens (tertiary/aromatic N) is 3. The lowest BCUT2D eigenvalue weighted by molar-refractivity contribution is 0.402. The Morgan fingerprint density at radius 2 is 2.00 bits per heavy atom. The van der Waals surface area contributed by atoms with E-state index in [4.69, 9.17) is 10.3 Å². The minimum atomic E-state index is -0.124. The molecule has 19 heavy (non-hydrogen) atoms. The third-order valence-corrected chi connectivity index (χ3v) is 3.60. The van der Waals surface area contributed by atoms with Gasteiger partial charge < -0.3 is 10.3 Å². The summed E-state index contributed by atoms with van der Waals surface area (Å²) in [5.74, 6) is 1.23. The van der Waals surface area contributed by atoms with E-state index in [2.05, 4.69) is 35.9 Å². The molecule has 0 unspecified atom stereocenters. The summed E-state index contributed by atoms with van der Waals surface area (Å²) >= 11 is 1.45. The molecule has 0 radical (unpaired) electrons. The maximum Gasteiger partial charge on any atom is 0.257 e. The van der Waals surface area contributed by atoms with Gasteiger partial charge in [0, 0.05) is 11.0 Å². The van der Waals surface area contributed by atoms with Crippen LogP contribution in [0.3, 0.4) is 0 Å². The normalized spacial score (nSPS) is 12.2. The van der Waals surface area contributed by atoms with Crippen LogP contribution in [0.5, 0.6) is 0 Å². The number of nitrogen functional groups attached to an aromatic ring is 1. The van der Waals surface area contributed by atoms with Crippen molar-refractivity contribution in [3.8, 4) is 11.5 Å². The molecule has 0 saturated carbocycles. The minimum absolute atomic E-state index is 0.124. The van der Waals surface area contributed by atoms with Crippen LogP contribution in [0.15, 0.2) is 22.7 Å². The molecule has 2 N–H and O–H groups in total. The molecule has 2 heterocycles. The van der Waals surface area contributed by atoms with Crippen LogP contribution >= 0.6 is 11.3 Å². The van der Waals surface area contributed by atoms with Gasteiger partial charge in [0.05, 0.1) is 10.2 Å². The van der Waals surface area contributed by atoms with Crippen molar-refractivity contribution in [3.63, 3.8) is 0 Å². The van der Waals surface area contributed by atoms with Crippen molar-refractivity contribution in [2.75, 3.05) is 5.73 Å². The Labute approximate surface area is 114 Å². The summed E-state index contributed by atoms with van der Waals surface area (Å²) in [6.07, 6.45) is 0. The number of nitrogens with two attached hydrogens (primary N) is 1. The average Bonchev–Trinajstić information content (AvgIpc) is 2.90. The zero-order valence-corrected chi connectivity index (χ0v) is 11.8. The standard InChI is InChI=1S/C13H14N4OS/c1-13(2,3)11-16-10(18-17-11)7-4-5-8-9(6-7)19-12(14)15-8/h4-6H,1-3H3,(H2,14,15). The summed E-state index contributed by atoms with van der Waals surface area (Å²) in [6.45, 7) is 6.15. The fraction of sp³-hybridized carbons (Fsp3) is 0.308. The van der Waals surface area contributed by atoms with Crippen molar-refractivity contribution < 1.29 is 4.52 Å². The first kappa shape index (κ1) is 12.1. The lowest BCUT2D eigenvalue weighted by Gasteiger charge is -2.10. The third kappa shape index (κ3) is 2.19. The van der Waals surface area contributed by atoms with E-state index in [9.17, 15) is 0 Å². The SMILES string of the molecule is CC(C)(C)c1noc(-c2ccc3nc(N)sc3c2)n1. The molecule has 0 fully saturated rings. The van der Waals surface area contributed by atoms with E-state index in [-0.39, 0.29) is 5.41 Å². The predicted octanol–water partition coefficient (Wildman–Crippen LogP) is 3.23. The van der Waals surface area contributed by atoms with E-state index in [1.54, 1.807) is 0 Å². The van der Waals surface area contributed by atoms with E-state index in [0.717, 1.165) is 15.8 Å². The molecule has 1 aromatic carbocycles. The van der Waals surface area contributed by atoms with Gasteiger partial charge in [0.1, 0.15) is 0 Å². The maximum atomic E-state index is 5.70. The van der Waals surface area contributed by atoms with E-state index in [1.165, 1.54) is 11.3 Å². The van der Waals surface area contributed by atoms with Gasteiger partial charge in [0.2, 0.25) is 0 Å². The summed E-state index contributed by atoms with van der Waals surface area (Å²) in [5.41, 5.74) is 7.35. The molecule has 0 amide bonds. The molecule has 0 bridgehead atoms. The second kappa shape index (κ2) is 4.03. The molecular formula is C13H14N4OS. The number of hydrogen-bond acceptors (Lipinski definition) is 6. The number of aromatic nitrogens is 3. The molecule has 0 aliphatic rings. The van der Waals surface area contributed by atoms with Crippen LogP contribution in [0.2, 0.25) is 0 Å². The zero-order valence-electron chi connectivity index (χ0n) is 11.0. The van der Waals surface area contributed by atoms with Gasteiger partial charge in [-0.25, -0.2) is 4.98 Å². The summed E-state index contributed by atoms with van der Waals surface area (Å²) in [4.78, 5) is 8.66. The first-order valence-corrected chi connectivity index (χ1v) is 6.76. The Kier molecular flexibility index (Phi) is 2.56. The maximum absolute atomic E-state index is 5.70. The topological polar surface area (TPSA) is 77.8 Å². The summed E-state index contributed by atoms with van der Waals surface area (Å²) < 4.78 is 6.34. The summed E-state index contributed by atoms with van der Waals surface area (Å²) in [5, 5.41) is 4.59. The monoisotopic (exact) mass is 274 g/mol. The molecule has 6 heteroatoms. The number of fused-ring (bicyclic) bond motifs is 1. The average molecular weight is 274 g/mol. The quantitative estimate of drug-likeness (QED) is 0.737. The van der Waals surface area contributed by atoms with Crippen molar-refractivity contribution in [1.29, 1.82) is 0 Å². The smallest absolute Gasteiger partial charge is 0.257 e. The van der Waals surface area contributed by atoms with Gasteiger partial charge >= 0.3 is 0 Å². The number of hydrogen-bond donors (Lipinski definition) is 1. The molecule has 5 nitrogen and oxygen atoms in total. The fourth-order valence-corrected chi connectivity index (χ4v) is 2.49. The van der Waals surface area contributed by atoms with Gasteiger partial charge in [-0.1, -0.05) is 37.3 Å². The van der Waals surface area contributed by atoms with Crippen molar-refractivity contribution in [2.24, 2.45) is 0 Å².